The smallest absolute Gasteiger partial charge is 0.178 e. The fraction of sp³-hybridized carbons (Fsp3) is 0. The maximum atomic E-state index is 11.0. The van der Waals surface area contributed by atoms with Crippen molar-refractivity contribution in [1.82, 2.24) is 0 Å². The van der Waals surface area contributed by atoms with E-state index in [1.165, 1.54) is 36.5 Å². The summed E-state index contributed by atoms with van der Waals surface area (Å²) in [5.41, 5.74) is 0. The highest BCUT2D eigenvalue weighted by Crippen LogP contribution is 2.06. The van der Waals surface area contributed by atoms with Gasteiger partial charge in [0, 0.05) is 0 Å². The monoisotopic (exact) mass is 270 g/mol. The number of allylic oxidation sites excluding steroid dienone is 6. The third-order valence-electron chi connectivity index (χ3n) is 0.965. The van der Waals surface area contributed by atoms with Gasteiger partial charge in [0.25, 0.3) is 0 Å². The van der Waals surface area contributed by atoms with E-state index < -0.39 is 0 Å². The molecule has 0 aliphatic heterocycles. The van der Waals surface area contributed by atoms with Crippen molar-refractivity contribution in [3.05, 3.63) is 45.4 Å². The van der Waals surface area contributed by atoms with Crippen molar-refractivity contribution < 1.29 is 4.79 Å². The second kappa shape index (κ2) is 8.13. The van der Waals surface area contributed by atoms with Crippen molar-refractivity contribution in [3.8, 4) is 0 Å². The van der Waals surface area contributed by atoms with Crippen molar-refractivity contribution in [2.45, 2.75) is 0 Å². The standard InChI is InChI=1S/C9H6Cl4O/c10-8(11)5-1-3-7(14)4-2-6-9(12)13/h1-6H. The van der Waals surface area contributed by atoms with Crippen molar-refractivity contribution in [1.29, 1.82) is 0 Å². The molecule has 0 atom stereocenters. The fourth-order valence-corrected chi connectivity index (χ4v) is 0.778. The molecule has 14 heavy (non-hydrogen) atoms. The number of rotatable bonds is 4. The first-order valence-electron chi connectivity index (χ1n) is 3.45. The highest BCUT2D eigenvalue weighted by molar-refractivity contribution is 6.56. The summed E-state index contributed by atoms with van der Waals surface area (Å²) in [5.74, 6) is -0.221. The average Bonchev–Trinajstić information content (AvgIpc) is 2.02. The third-order valence-corrected chi connectivity index (χ3v) is 1.47. The Morgan fingerprint density at radius 3 is 1.43 bits per heavy atom. The van der Waals surface area contributed by atoms with Crippen molar-refractivity contribution in [2.75, 3.05) is 0 Å². The number of carbonyl (C=O) groups excluding carboxylic acids is 1. The first-order valence-corrected chi connectivity index (χ1v) is 4.96. The summed E-state index contributed by atoms with van der Waals surface area (Å²) in [7, 11) is 0. The van der Waals surface area contributed by atoms with Gasteiger partial charge in [-0.15, -0.1) is 0 Å². The van der Waals surface area contributed by atoms with E-state index in [0.29, 0.717) is 0 Å². The molecule has 0 rings (SSSR count). The van der Waals surface area contributed by atoms with Crippen LogP contribution in [-0.4, -0.2) is 5.78 Å². The maximum Gasteiger partial charge on any atom is 0.178 e. The van der Waals surface area contributed by atoms with Gasteiger partial charge >= 0.3 is 0 Å². The summed E-state index contributed by atoms with van der Waals surface area (Å²) in [4.78, 5) is 11.0. The lowest BCUT2D eigenvalue weighted by Crippen LogP contribution is -1.82. The summed E-state index contributed by atoms with van der Waals surface area (Å²) in [6.45, 7) is 0. The van der Waals surface area contributed by atoms with E-state index >= 15 is 0 Å². The lowest BCUT2D eigenvalue weighted by Gasteiger charge is -1.81. The Morgan fingerprint density at radius 1 is 0.786 bits per heavy atom. The molecule has 0 bridgehead atoms. The Labute approximate surface area is 102 Å². The Balaban J connectivity index is 4.12. The molecular weight excluding hydrogens is 266 g/mol. The van der Waals surface area contributed by atoms with Gasteiger partial charge < -0.3 is 0 Å². The minimum absolute atomic E-state index is 0.0849. The van der Waals surface area contributed by atoms with E-state index in [-0.39, 0.29) is 14.8 Å². The van der Waals surface area contributed by atoms with Gasteiger partial charge in [-0.25, -0.2) is 0 Å². The molecule has 0 N–H and O–H groups in total. The molecule has 1 nitrogen and oxygen atoms in total. The molecule has 0 heterocycles. The average molecular weight is 272 g/mol. The quantitative estimate of drug-likeness (QED) is 0.550. The molecule has 0 aliphatic carbocycles. The molecule has 0 saturated carbocycles. The second-order valence-electron chi connectivity index (χ2n) is 2.03. The summed E-state index contributed by atoms with van der Waals surface area (Å²) in [6.07, 6.45) is 8.26. The lowest BCUT2D eigenvalue weighted by molar-refractivity contribution is -0.110. The van der Waals surface area contributed by atoms with Gasteiger partial charge in [0.2, 0.25) is 0 Å². The number of hydrogen-bond acceptors (Lipinski definition) is 1. The van der Waals surface area contributed by atoms with E-state index in [4.69, 9.17) is 46.4 Å². The van der Waals surface area contributed by atoms with E-state index in [2.05, 4.69) is 0 Å². The van der Waals surface area contributed by atoms with Gasteiger partial charge in [0.15, 0.2) is 5.78 Å². The Hall–Kier alpha value is -0.210. The van der Waals surface area contributed by atoms with Crippen LogP contribution in [0.3, 0.4) is 0 Å². The molecule has 0 radical (unpaired) electrons. The molecule has 0 aromatic carbocycles. The summed E-state index contributed by atoms with van der Waals surface area (Å²) < 4.78 is 0.170. The fourth-order valence-electron chi connectivity index (χ4n) is 0.487. The van der Waals surface area contributed by atoms with Crippen LogP contribution in [0.4, 0.5) is 0 Å². The van der Waals surface area contributed by atoms with E-state index in [1.54, 1.807) is 0 Å². The molecule has 0 amide bonds. The van der Waals surface area contributed by atoms with Crippen LogP contribution in [-0.2, 0) is 4.79 Å². The summed E-state index contributed by atoms with van der Waals surface area (Å²) >= 11 is 21.2. The zero-order chi connectivity index (χ0) is 11.0. The third kappa shape index (κ3) is 9.87. The molecule has 0 saturated heterocycles. The van der Waals surface area contributed by atoms with Crippen molar-refractivity contribution >= 4 is 52.2 Å². The first-order chi connectivity index (χ1) is 6.52. The Kier molecular flexibility index (Phi) is 8.01. The molecule has 0 unspecified atom stereocenters. The van der Waals surface area contributed by atoms with Gasteiger partial charge in [-0.1, -0.05) is 58.6 Å². The van der Waals surface area contributed by atoms with E-state index in [0.717, 1.165) is 0 Å². The van der Waals surface area contributed by atoms with Crippen LogP contribution in [0.5, 0.6) is 0 Å². The van der Waals surface area contributed by atoms with Crippen LogP contribution in [0.1, 0.15) is 0 Å². The molecule has 0 aliphatic rings. The number of halogens is 4. The van der Waals surface area contributed by atoms with Crippen LogP contribution >= 0.6 is 46.4 Å². The zero-order valence-corrected chi connectivity index (χ0v) is 9.91. The van der Waals surface area contributed by atoms with Gasteiger partial charge in [-0.3, -0.25) is 4.79 Å². The second-order valence-corrected chi connectivity index (χ2v) is 4.05. The molecule has 0 spiro atoms. The lowest BCUT2D eigenvalue weighted by atomic mass is 10.3. The first kappa shape index (κ1) is 13.8. The number of ketones is 1. The van der Waals surface area contributed by atoms with Gasteiger partial charge in [-0.05, 0) is 24.3 Å². The minimum atomic E-state index is -0.221. The van der Waals surface area contributed by atoms with E-state index in [9.17, 15) is 4.79 Å². The molecular formula is C9H6Cl4O. The summed E-state index contributed by atoms with van der Waals surface area (Å²) in [5, 5.41) is 0. The van der Waals surface area contributed by atoms with Crippen molar-refractivity contribution in [2.24, 2.45) is 0 Å². The van der Waals surface area contributed by atoms with Crippen LogP contribution in [0, 0.1) is 0 Å². The van der Waals surface area contributed by atoms with Gasteiger partial charge in [-0.2, -0.15) is 0 Å². The predicted octanol–water partition coefficient (Wildman–Crippen LogP) is 4.31. The van der Waals surface area contributed by atoms with Crippen LogP contribution < -0.4 is 0 Å². The molecule has 0 aromatic rings. The highest BCUT2D eigenvalue weighted by atomic mass is 35.5. The minimum Gasteiger partial charge on any atom is -0.290 e. The number of hydrogen-bond donors (Lipinski definition) is 0. The zero-order valence-electron chi connectivity index (χ0n) is 6.88. The molecule has 5 heteroatoms. The van der Waals surface area contributed by atoms with Gasteiger partial charge in [0.05, 0.1) is 0 Å². The summed E-state index contributed by atoms with van der Waals surface area (Å²) in [6, 6.07) is 0. The highest BCUT2D eigenvalue weighted by Gasteiger charge is 1.86. The SMILES string of the molecule is O=C(C=CC=C(Cl)Cl)C=CC=C(Cl)Cl. The molecule has 76 valence electrons. The normalized spacial score (nSPS) is 10.6. The van der Waals surface area contributed by atoms with Crippen LogP contribution in [0.25, 0.3) is 0 Å². The van der Waals surface area contributed by atoms with Crippen molar-refractivity contribution in [3.63, 3.8) is 0 Å². The largest absolute Gasteiger partial charge is 0.290 e. The molecule has 0 fully saturated rings. The topological polar surface area (TPSA) is 17.1 Å². The predicted molar refractivity (Wildman–Crippen MR) is 62.9 cm³/mol. The maximum absolute atomic E-state index is 11.0. The molecule has 0 aromatic heterocycles. The Morgan fingerprint density at radius 2 is 1.14 bits per heavy atom. The Bertz CT molecular complexity index is 275. The van der Waals surface area contributed by atoms with Crippen LogP contribution in [0.15, 0.2) is 45.4 Å². The van der Waals surface area contributed by atoms with E-state index in [1.807, 2.05) is 0 Å². The number of carbonyl (C=O) groups is 1. The van der Waals surface area contributed by atoms with Gasteiger partial charge in [0.1, 0.15) is 8.98 Å². The van der Waals surface area contributed by atoms with Crippen LogP contribution in [0.2, 0.25) is 0 Å².